The minimum Gasteiger partial charge on any atom is -0.496 e. The van der Waals surface area contributed by atoms with Gasteiger partial charge in [-0.2, -0.15) is 3.71 Å². The average Bonchev–Trinajstić information content (AvgIpc) is 2.79. The molecule has 0 aromatic heterocycles. The molecular weight excluding hydrogens is 442 g/mol. The zero-order chi connectivity index (χ0) is 22.6. The summed E-state index contributed by atoms with van der Waals surface area (Å²) in [6, 6.07) is 17.9. The molecule has 0 spiro atoms. The topological polar surface area (TPSA) is 107 Å². The van der Waals surface area contributed by atoms with Crippen molar-refractivity contribution in [1.82, 2.24) is 0 Å². The number of methoxy groups -OCH3 is 2. The van der Waals surface area contributed by atoms with Crippen LogP contribution >= 0.6 is 0 Å². The number of hydrogen-bond acceptors (Lipinski definition) is 7. The Bertz CT molecular complexity index is 1220. The molecule has 10 heteroatoms. The number of nitrogens with zero attached hydrogens (tertiary/aromatic N) is 1. The molecule has 0 N–H and O–H groups in total. The lowest BCUT2D eigenvalue weighted by atomic mass is 10.2. The number of sulfonamides is 2. The van der Waals surface area contributed by atoms with Crippen LogP contribution < -0.4 is 8.45 Å². The largest absolute Gasteiger partial charge is 0.496 e. The third-order valence-electron chi connectivity index (χ3n) is 4.32. The molecule has 0 amide bonds. The van der Waals surface area contributed by atoms with Crippen molar-refractivity contribution in [3.63, 3.8) is 0 Å². The highest BCUT2D eigenvalue weighted by molar-refractivity contribution is 8.10. The smallest absolute Gasteiger partial charge is 0.341 e. The normalized spacial score (nSPS) is 11.5. The van der Waals surface area contributed by atoms with Crippen molar-refractivity contribution in [3.05, 3.63) is 84.4 Å². The molecule has 0 saturated carbocycles. The second kappa shape index (κ2) is 8.78. The van der Waals surface area contributed by atoms with Crippen LogP contribution in [0.4, 0.5) is 5.69 Å². The Morgan fingerprint density at radius 2 is 1.23 bits per heavy atom. The summed E-state index contributed by atoms with van der Waals surface area (Å²) in [6.07, 6.45) is 0. The molecule has 3 aromatic carbocycles. The van der Waals surface area contributed by atoms with Crippen LogP contribution in [0.15, 0.2) is 88.7 Å². The number of hydrogen-bond donors (Lipinski definition) is 0. The minimum atomic E-state index is -4.58. The zero-order valence-electron chi connectivity index (χ0n) is 16.6. The first-order chi connectivity index (χ1) is 14.7. The summed E-state index contributed by atoms with van der Waals surface area (Å²) in [7, 11) is -6.69. The molecule has 0 heterocycles. The van der Waals surface area contributed by atoms with Gasteiger partial charge in [-0.1, -0.05) is 36.4 Å². The van der Waals surface area contributed by atoms with Gasteiger partial charge >= 0.3 is 5.97 Å². The van der Waals surface area contributed by atoms with E-state index in [1.54, 1.807) is 12.1 Å². The van der Waals surface area contributed by atoms with E-state index >= 15 is 0 Å². The Hall–Kier alpha value is -3.37. The molecule has 162 valence electrons. The third kappa shape index (κ3) is 4.25. The average molecular weight is 462 g/mol. The molecule has 0 radical (unpaired) electrons. The molecular formula is C21H19NO7S2. The molecule has 0 aliphatic carbocycles. The van der Waals surface area contributed by atoms with Crippen molar-refractivity contribution in [2.24, 2.45) is 0 Å². The van der Waals surface area contributed by atoms with E-state index in [4.69, 9.17) is 9.47 Å². The second-order valence-corrected chi connectivity index (χ2v) is 10.0. The van der Waals surface area contributed by atoms with Gasteiger partial charge in [0, 0.05) is 0 Å². The van der Waals surface area contributed by atoms with Crippen LogP contribution in [-0.2, 0) is 24.8 Å². The molecule has 3 aromatic rings. The van der Waals surface area contributed by atoms with Gasteiger partial charge < -0.3 is 9.47 Å². The number of esters is 1. The number of benzene rings is 3. The molecule has 0 bridgehead atoms. The molecule has 0 unspecified atom stereocenters. The summed E-state index contributed by atoms with van der Waals surface area (Å²) in [5.41, 5.74) is -0.395. The van der Waals surface area contributed by atoms with Gasteiger partial charge in [-0.15, -0.1) is 0 Å². The van der Waals surface area contributed by atoms with Crippen molar-refractivity contribution < 1.29 is 31.1 Å². The Morgan fingerprint density at radius 1 is 0.742 bits per heavy atom. The van der Waals surface area contributed by atoms with Gasteiger partial charge in [0.15, 0.2) is 0 Å². The standard InChI is InChI=1S/C21H19NO7S2/c1-28-20-14-13-16(15-19(20)21(23)29-2)22(30(24,25)17-9-5-3-6-10-17)31(26,27)18-11-7-4-8-12-18/h3-15H,1-2H3. The highest BCUT2D eigenvalue weighted by Crippen LogP contribution is 2.34. The van der Waals surface area contributed by atoms with Crippen molar-refractivity contribution in [3.8, 4) is 5.75 Å². The number of carbonyl (C=O) groups excluding carboxylic acids is 1. The van der Waals surface area contributed by atoms with Crippen molar-refractivity contribution in [2.45, 2.75) is 9.79 Å². The summed E-state index contributed by atoms with van der Waals surface area (Å²) in [4.78, 5) is 11.7. The molecule has 3 rings (SSSR count). The summed E-state index contributed by atoms with van der Waals surface area (Å²) in [5.74, 6) is -0.711. The second-order valence-electron chi connectivity index (χ2n) is 6.21. The van der Waals surface area contributed by atoms with E-state index in [1.807, 2.05) is 0 Å². The van der Waals surface area contributed by atoms with Gasteiger partial charge in [-0.25, -0.2) is 21.6 Å². The maximum Gasteiger partial charge on any atom is 0.341 e. The van der Waals surface area contributed by atoms with Crippen LogP contribution in [0.1, 0.15) is 10.4 Å². The van der Waals surface area contributed by atoms with Crippen molar-refractivity contribution >= 4 is 31.7 Å². The Labute approximate surface area is 180 Å². The minimum absolute atomic E-state index is 0.102. The van der Waals surface area contributed by atoms with E-state index in [0.717, 1.165) is 13.2 Å². The molecule has 0 aliphatic rings. The Kier molecular flexibility index (Phi) is 6.32. The molecule has 0 saturated heterocycles. The number of ether oxygens (including phenoxy) is 2. The molecule has 31 heavy (non-hydrogen) atoms. The maximum absolute atomic E-state index is 13.5. The zero-order valence-corrected chi connectivity index (χ0v) is 18.3. The molecule has 0 fully saturated rings. The van der Waals surface area contributed by atoms with E-state index in [2.05, 4.69) is 0 Å². The fourth-order valence-corrected chi connectivity index (χ4v) is 6.58. The van der Waals surface area contributed by atoms with E-state index in [1.165, 1.54) is 67.8 Å². The number of anilines is 1. The fourth-order valence-electron chi connectivity index (χ4n) is 2.86. The van der Waals surface area contributed by atoms with Gasteiger partial charge in [0.2, 0.25) is 0 Å². The van der Waals surface area contributed by atoms with E-state index < -0.39 is 26.0 Å². The number of carbonyl (C=O) groups is 1. The highest BCUT2D eigenvalue weighted by Gasteiger charge is 2.37. The lowest BCUT2D eigenvalue weighted by Crippen LogP contribution is -2.37. The SMILES string of the molecule is COC(=O)c1cc(N(S(=O)(=O)c2ccccc2)S(=O)(=O)c2ccccc2)ccc1OC. The summed E-state index contributed by atoms with van der Waals surface area (Å²) in [6.45, 7) is 0. The third-order valence-corrected chi connectivity index (χ3v) is 8.53. The molecule has 8 nitrogen and oxygen atoms in total. The van der Waals surface area contributed by atoms with Crippen molar-refractivity contribution in [1.29, 1.82) is 0 Å². The summed E-state index contributed by atoms with van der Waals surface area (Å²) < 4.78 is 64.0. The van der Waals surface area contributed by atoms with Crippen LogP contribution in [0.3, 0.4) is 0 Å². The Morgan fingerprint density at radius 3 is 1.65 bits per heavy atom. The monoisotopic (exact) mass is 461 g/mol. The first-order valence-electron chi connectivity index (χ1n) is 8.90. The lowest BCUT2D eigenvalue weighted by molar-refractivity contribution is 0.0597. The quantitative estimate of drug-likeness (QED) is 0.498. The van der Waals surface area contributed by atoms with Crippen LogP contribution in [0, 0.1) is 0 Å². The van der Waals surface area contributed by atoms with E-state index in [9.17, 15) is 21.6 Å². The predicted octanol–water partition coefficient (Wildman–Crippen LogP) is 3.07. The van der Waals surface area contributed by atoms with Crippen molar-refractivity contribution in [2.75, 3.05) is 17.9 Å². The van der Waals surface area contributed by atoms with Crippen LogP contribution in [0.2, 0.25) is 0 Å². The summed E-state index contributed by atoms with van der Waals surface area (Å²) in [5, 5.41) is 0. The molecule has 0 atom stereocenters. The van der Waals surface area contributed by atoms with E-state index in [0.29, 0.717) is 3.71 Å². The predicted molar refractivity (Wildman–Crippen MR) is 114 cm³/mol. The lowest BCUT2D eigenvalue weighted by Gasteiger charge is -2.25. The van der Waals surface area contributed by atoms with Gasteiger partial charge in [0.25, 0.3) is 20.0 Å². The van der Waals surface area contributed by atoms with E-state index in [-0.39, 0.29) is 26.8 Å². The van der Waals surface area contributed by atoms with Crippen LogP contribution in [0.5, 0.6) is 5.75 Å². The van der Waals surface area contributed by atoms with Gasteiger partial charge in [0.1, 0.15) is 11.3 Å². The molecule has 0 aliphatic heterocycles. The Balaban J connectivity index is 2.32. The highest BCUT2D eigenvalue weighted by atomic mass is 32.3. The van der Waals surface area contributed by atoms with Gasteiger partial charge in [-0.05, 0) is 42.5 Å². The number of rotatable bonds is 7. The van der Waals surface area contributed by atoms with Gasteiger partial charge in [-0.3, -0.25) is 0 Å². The van der Waals surface area contributed by atoms with Crippen LogP contribution in [-0.4, -0.2) is 37.0 Å². The fraction of sp³-hybridized carbons (Fsp3) is 0.0952. The maximum atomic E-state index is 13.5. The van der Waals surface area contributed by atoms with Crippen LogP contribution in [0.25, 0.3) is 0 Å². The van der Waals surface area contributed by atoms with Gasteiger partial charge in [0.05, 0.1) is 29.7 Å². The summed E-state index contributed by atoms with van der Waals surface area (Å²) >= 11 is 0. The first kappa shape index (κ1) is 22.3. The first-order valence-corrected chi connectivity index (χ1v) is 11.8.